The third-order valence-electron chi connectivity index (χ3n) is 8.89. The number of aromatic nitrogens is 1. The Balaban J connectivity index is 1.31. The second-order valence-electron chi connectivity index (χ2n) is 11.2. The molecule has 10 rings (SSSR count). The number of carbonyl (C=O) groups excluding carboxylic acids is 2. The van der Waals surface area contributed by atoms with Gasteiger partial charge in [0.15, 0.2) is 11.6 Å². The molecule has 0 bridgehead atoms. The average Bonchev–Trinajstić information content (AvgIpc) is 3.77. The predicted molar refractivity (Wildman–Crippen MR) is 180 cm³/mol. The van der Waals surface area contributed by atoms with Gasteiger partial charge in [0.05, 0.1) is 21.3 Å². The Bertz CT molecular complexity index is 2670. The van der Waals surface area contributed by atoms with Crippen LogP contribution in [0.5, 0.6) is 0 Å². The minimum Gasteiger partial charge on any atom is -0.299 e. The van der Waals surface area contributed by atoms with Crippen LogP contribution in [0.15, 0.2) is 115 Å². The second kappa shape index (κ2) is 8.26. The molecule has 0 atom stereocenters. The van der Waals surface area contributed by atoms with E-state index in [1.165, 1.54) is 64.0 Å². The number of carbonyl (C=O) groups is 2. The van der Waals surface area contributed by atoms with Gasteiger partial charge in [0, 0.05) is 42.2 Å². The van der Waals surface area contributed by atoms with Crippen molar-refractivity contribution in [2.75, 3.05) is 0 Å². The fourth-order valence-electron chi connectivity index (χ4n) is 7.10. The summed E-state index contributed by atoms with van der Waals surface area (Å²) in [5.74, 6) is -0.373. The van der Waals surface area contributed by atoms with E-state index in [0.717, 1.165) is 9.58 Å². The molecule has 1 aliphatic carbocycles. The van der Waals surface area contributed by atoms with Gasteiger partial charge in [-0.2, -0.15) is 0 Å². The molecule has 0 spiro atoms. The lowest BCUT2D eigenvalue weighted by atomic mass is 9.93. The van der Waals surface area contributed by atoms with Gasteiger partial charge in [0.25, 0.3) is 0 Å². The van der Waals surface area contributed by atoms with Crippen LogP contribution in [-0.4, -0.2) is 16.0 Å². The summed E-state index contributed by atoms with van der Waals surface area (Å²) in [5.41, 5.74) is 6.17. The van der Waals surface area contributed by atoms with E-state index in [4.69, 9.17) is 0 Å². The number of hydrogen-bond donors (Lipinski definition) is 0. The van der Waals surface area contributed by atoms with Crippen LogP contribution in [0.1, 0.15) is 25.6 Å². The lowest BCUT2D eigenvalue weighted by Crippen LogP contribution is -1.99. The fourth-order valence-corrected chi connectivity index (χ4v) is 9.73. The van der Waals surface area contributed by atoms with Crippen molar-refractivity contribution in [3.8, 4) is 11.1 Å². The van der Waals surface area contributed by atoms with Gasteiger partial charge in [-0.15, -0.1) is 22.7 Å². The maximum atomic E-state index is 13.1. The van der Waals surface area contributed by atoms with E-state index >= 15 is 0 Å². The smallest absolute Gasteiger partial charge is 0.197 e. The van der Waals surface area contributed by atoms with Gasteiger partial charge in [-0.1, -0.05) is 91.0 Å². The number of allylic oxidation sites excluding steroid dienone is 1. The van der Waals surface area contributed by atoms with E-state index in [1.54, 1.807) is 40.9 Å². The highest BCUT2D eigenvalue weighted by molar-refractivity contribution is 7.33. The summed E-state index contributed by atoms with van der Waals surface area (Å²) in [4.78, 5) is 28.4. The molecule has 5 heteroatoms. The van der Waals surface area contributed by atoms with E-state index in [9.17, 15) is 9.59 Å². The monoisotopic (exact) mass is 585 g/mol. The van der Waals surface area contributed by atoms with Gasteiger partial charge >= 0.3 is 0 Å². The molecular formula is C38H19NO2S2. The molecule has 0 radical (unpaired) electrons. The average molecular weight is 586 g/mol. The minimum atomic E-state index is -0.187. The van der Waals surface area contributed by atoms with Crippen molar-refractivity contribution in [3.05, 3.63) is 131 Å². The van der Waals surface area contributed by atoms with Crippen molar-refractivity contribution in [3.63, 3.8) is 0 Å². The topological polar surface area (TPSA) is 38.5 Å². The molecule has 0 amide bonds. The van der Waals surface area contributed by atoms with Crippen LogP contribution in [0.25, 0.3) is 74.8 Å². The Hall–Kier alpha value is -5.10. The van der Waals surface area contributed by atoms with Gasteiger partial charge < -0.3 is 0 Å². The summed E-state index contributed by atoms with van der Waals surface area (Å²) in [6, 6.07) is 37.6. The van der Waals surface area contributed by atoms with Crippen LogP contribution in [0.2, 0.25) is 0 Å². The second-order valence-corrected chi connectivity index (χ2v) is 13.3. The van der Waals surface area contributed by atoms with Crippen LogP contribution in [-0.2, 0) is 0 Å². The first-order valence-corrected chi connectivity index (χ1v) is 15.8. The Morgan fingerprint density at radius 3 is 2.14 bits per heavy atom. The molecule has 0 aliphatic heterocycles. The SMILES string of the molecule is O=C1C(=Cc2cc3sc4c(c5cccc6cc(-c7ccccc7)c7c8ccccc8n4c7c65)c3s2)C(=O)c2ccccc21. The predicted octanol–water partition coefficient (Wildman–Crippen LogP) is 10.4. The zero-order chi connectivity index (χ0) is 28.4. The van der Waals surface area contributed by atoms with E-state index in [2.05, 4.69) is 89.3 Å². The zero-order valence-corrected chi connectivity index (χ0v) is 24.2. The molecule has 200 valence electrons. The lowest BCUT2D eigenvalue weighted by molar-refractivity contribution is 0.0990. The maximum absolute atomic E-state index is 13.1. The Morgan fingerprint density at radius 1 is 0.605 bits per heavy atom. The van der Waals surface area contributed by atoms with Gasteiger partial charge in [-0.3, -0.25) is 14.0 Å². The van der Waals surface area contributed by atoms with Crippen molar-refractivity contribution < 1.29 is 9.59 Å². The molecule has 5 aromatic carbocycles. The number of rotatable bonds is 2. The number of Topliss-reactive ketones (excluding diaryl/α,β-unsaturated/α-hetero) is 2. The molecular weight excluding hydrogens is 567 g/mol. The highest BCUT2D eigenvalue weighted by atomic mass is 32.1. The van der Waals surface area contributed by atoms with Crippen LogP contribution in [0.3, 0.4) is 0 Å². The Labute approximate surface area is 252 Å². The van der Waals surface area contributed by atoms with Crippen LogP contribution >= 0.6 is 22.7 Å². The van der Waals surface area contributed by atoms with E-state index in [1.807, 2.05) is 12.1 Å². The first-order chi connectivity index (χ1) is 21.2. The fraction of sp³-hybridized carbons (Fsp3) is 0. The van der Waals surface area contributed by atoms with Gasteiger partial charge in [-0.05, 0) is 46.2 Å². The van der Waals surface area contributed by atoms with Crippen molar-refractivity contribution >= 4 is 97.9 Å². The number of hydrogen-bond acceptors (Lipinski definition) is 4. The largest absolute Gasteiger partial charge is 0.299 e. The van der Waals surface area contributed by atoms with Crippen LogP contribution in [0.4, 0.5) is 0 Å². The first-order valence-electron chi connectivity index (χ1n) is 14.2. The summed E-state index contributed by atoms with van der Waals surface area (Å²) in [6.07, 6.45) is 1.79. The summed E-state index contributed by atoms with van der Waals surface area (Å²) < 4.78 is 4.83. The summed E-state index contributed by atoms with van der Waals surface area (Å²) in [6.45, 7) is 0. The van der Waals surface area contributed by atoms with Crippen LogP contribution in [0, 0.1) is 0 Å². The molecule has 0 saturated carbocycles. The maximum Gasteiger partial charge on any atom is 0.197 e. The number of fused-ring (bicyclic) bond motifs is 9. The highest BCUT2D eigenvalue weighted by Crippen LogP contribution is 2.50. The van der Waals surface area contributed by atoms with E-state index < -0.39 is 0 Å². The number of para-hydroxylation sites is 1. The minimum absolute atomic E-state index is 0.187. The van der Waals surface area contributed by atoms with E-state index in [0.29, 0.717) is 11.1 Å². The van der Waals surface area contributed by atoms with Gasteiger partial charge in [0.2, 0.25) is 0 Å². The molecule has 4 aromatic heterocycles. The number of nitrogens with zero attached hydrogens (tertiary/aromatic N) is 1. The van der Waals surface area contributed by atoms with Crippen molar-refractivity contribution in [1.29, 1.82) is 0 Å². The third kappa shape index (κ3) is 2.98. The number of benzene rings is 5. The molecule has 0 unspecified atom stereocenters. The summed E-state index contributed by atoms with van der Waals surface area (Å²) in [5, 5.41) is 7.49. The lowest BCUT2D eigenvalue weighted by Gasteiger charge is -2.13. The van der Waals surface area contributed by atoms with Crippen molar-refractivity contribution in [1.82, 2.24) is 4.40 Å². The normalized spacial score (nSPS) is 13.6. The van der Waals surface area contributed by atoms with Crippen LogP contribution < -0.4 is 0 Å². The molecule has 3 nitrogen and oxygen atoms in total. The van der Waals surface area contributed by atoms with Gasteiger partial charge in [0.1, 0.15) is 4.83 Å². The molecule has 1 aliphatic rings. The van der Waals surface area contributed by atoms with E-state index in [-0.39, 0.29) is 17.1 Å². The zero-order valence-electron chi connectivity index (χ0n) is 22.5. The van der Waals surface area contributed by atoms with Crippen molar-refractivity contribution in [2.45, 2.75) is 0 Å². The molecule has 0 saturated heterocycles. The summed E-state index contributed by atoms with van der Waals surface area (Å²) >= 11 is 3.44. The number of ketones is 2. The standard InChI is InChI=1S/C38H19NO2S2/c40-35-23-12-4-5-13-24(23)36(41)28(35)18-22-19-30-37(42-22)33-26-15-8-11-21-17-27(20-9-2-1-3-10-20)32-25-14-6-7-16-29(25)39(38(33)43-30)34(32)31(21)26/h1-19H. The molecule has 0 fully saturated rings. The Kier molecular flexibility index (Phi) is 4.50. The first kappa shape index (κ1) is 23.5. The molecule has 0 N–H and O–H groups in total. The highest BCUT2D eigenvalue weighted by Gasteiger charge is 2.33. The molecule has 43 heavy (non-hydrogen) atoms. The Morgan fingerprint density at radius 2 is 1.33 bits per heavy atom. The number of pyridine rings is 1. The quantitative estimate of drug-likeness (QED) is 0.150. The molecule has 9 aromatic rings. The summed E-state index contributed by atoms with van der Waals surface area (Å²) in [7, 11) is 0. The van der Waals surface area contributed by atoms with Crippen molar-refractivity contribution in [2.24, 2.45) is 0 Å². The van der Waals surface area contributed by atoms with Gasteiger partial charge in [-0.25, -0.2) is 0 Å². The third-order valence-corrected chi connectivity index (χ3v) is 11.2. The number of thiophene rings is 2. The molecule has 4 heterocycles.